The number of halogens is 2. The van der Waals surface area contributed by atoms with Crippen LogP contribution in [0, 0.1) is 0 Å². The van der Waals surface area contributed by atoms with Crippen molar-refractivity contribution < 1.29 is 4.79 Å². The highest BCUT2D eigenvalue weighted by atomic mass is 35.5. The van der Waals surface area contributed by atoms with Crippen LogP contribution in [0.1, 0.15) is 10.4 Å². The van der Waals surface area contributed by atoms with Crippen molar-refractivity contribution in [2.24, 2.45) is 0 Å². The van der Waals surface area contributed by atoms with Gasteiger partial charge in [0.2, 0.25) is 0 Å². The molecule has 2 aromatic heterocycles. The lowest BCUT2D eigenvalue weighted by atomic mass is 10.2. The number of thiazole rings is 1. The van der Waals surface area contributed by atoms with Crippen LogP contribution < -0.4 is 5.32 Å². The second kappa shape index (κ2) is 6.15. The third-order valence-electron chi connectivity index (χ3n) is 2.71. The van der Waals surface area contributed by atoms with E-state index in [1.54, 1.807) is 29.6 Å². The van der Waals surface area contributed by atoms with Crippen LogP contribution in [0.15, 0.2) is 40.4 Å². The first-order valence-electron chi connectivity index (χ1n) is 5.88. The van der Waals surface area contributed by atoms with Gasteiger partial charge in [-0.15, -0.1) is 11.3 Å². The lowest BCUT2D eigenvalue weighted by Crippen LogP contribution is -2.10. The molecule has 2 heterocycles. The summed E-state index contributed by atoms with van der Waals surface area (Å²) in [6.07, 6.45) is 0. The minimum absolute atomic E-state index is 0.172. The lowest BCUT2D eigenvalue weighted by molar-refractivity contribution is 0.102. The highest BCUT2D eigenvalue weighted by molar-refractivity contribution is 7.14. The first-order chi connectivity index (χ1) is 10.1. The van der Waals surface area contributed by atoms with Crippen molar-refractivity contribution in [2.45, 2.75) is 0 Å². The SMILES string of the molecule is O=C(Nc1nc(-c2cc(Cl)ccc2Cl)cs1)c1ccsc1. The van der Waals surface area contributed by atoms with Crippen LogP contribution in [-0.4, -0.2) is 10.9 Å². The molecule has 0 spiro atoms. The van der Waals surface area contributed by atoms with Crippen LogP contribution >= 0.6 is 45.9 Å². The monoisotopic (exact) mass is 354 g/mol. The van der Waals surface area contributed by atoms with E-state index in [0.717, 1.165) is 5.56 Å². The molecule has 1 aromatic carbocycles. The van der Waals surface area contributed by atoms with E-state index in [9.17, 15) is 4.79 Å². The van der Waals surface area contributed by atoms with Crippen molar-refractivity contribution in [3.63, 3.8) is 0 Å². The van der Waals surface area contributed by atoms with E-state index >= 15 is 0 Å². The van der Waals surface area contributed by atoms with Crippen molar-refractivity contribution in [1.29, 1.82) is 0 Å². The predicted octanol–water partition coefficient (Wildman–Crippen LogP) is 5.43. The highest BCUT2D eigenvalue weighted by Crippen LogP contribution is 2.32. The second-order valence-corrected chi connectivity index (χ2v) is 6.61. The number of benzene rings is 1. The molecule has 21 heavy (non-hydrogen) atoms. The third kappa shape index (κ3) is 3.27. The maximum atomic E-state index is 12.0. The summed E-state index contributed by atoms with van der Waals surface area (Å²) >= 11 is 14.9. The number of nitrogens with zero attached hydrogens (tertiary/aromatic N) is 1. The Bertz CT molecular complexity index is 784. The van der Waals surface area contributed by atoms with E-state index in [-0.39, 0.29) is 5.91 Å². The Morgan fingerprint density at radius 1 is 1.19 bits per heavy atom. The van der Waals surface area contributed by atoms with Gasteiger partial charge in [0.15, 0.2) is 5.13 Å². The zero-order valence-corrected chi connectivity index (χ0v) is 13.6. The van der Waals surface area contributed by atoms with Crippen molar-refractivity contribution in [1.82, 2.24) is 4.98 Å². The topological polar surface area (TPSA) is 42.0 Å². The Morgan fingerprint density at radius 2 is 2.05 bits per heavy atom. The molecular weight excluding hydrogens is 347 g/mol. The van der Waals surface area contributed by atoms with E-state index in [1.807, 2.05) is 10.8 Å². The number of carbonyl (C=O) groups excluding carboxylic acids is 1. The number of rotatable bonds is 3. The summed E-state index contributed by atoms with van der Waals surface area (Å²) < 4.78 is 0. The number of hydrogen-bond donors (Lipinski definition) is 1. The summed E-state index contributed by atoms with van der Waals surface area (Å²) in [4.78, 5) is 16.3. The molecule has 0 saturated heterocycles. The maximum absolute atomic E-state index is 12.0. The summed E-state index contributed by atoms with van der Waals surface area (Å²) in [6.45, 7) is 0. The zero-order chi connectivity index (χ0) is 14.8. The molecule has 0 saturated carbocycles. The zero-order valence-electron chi connectivity index (χ0n) is 10.5. The molecule has 0 unspecified atom stereocenters. The Morgan fingerprint density at radius 3 is 2.81 bits per heavy atom. The van der Waals surface area contributed by atoms with Crippen LogP contribution in [0.2, 0.25) is 10.0 Å². The summed E-state index contributed by atoms with van der Waals surface area (Å²) in [5.41, 5.74) is 2.06. The third-order valence-corrected chi connectivity index (χ3v) is 4.72. The molecule has 0 radical (unpaired) electrons. The minimum Gasteiger partial charge on any atom is -0.298 e. The molecule has 0 aliphatic carbocycles. The number of nitrogens with one attached hydrogen (secondary N) is 1. The molecule has 0 bridgehead atoms. The first-order valence-corrected chi connectivity index (χ1v) is 8.46. The van der Waals surface area contributed by atoms with E-state index < -0.39 is 0 Å². The minimum atomic E-state index is -0.172. The van der Waals surface area contributed by atoms with Crippen LogP contribution in [-0.2, 0) is 0 Å². The van der Waals surface area contributed by atoms with Gasteiger partial charge in [-0.3, -0.25) is 10.1 Å². The van der Waals surface area contributed by atoms with Crippen LogP contribution in [0.25, 0.3) is 11.3 Å². The number of anilines is 1. The molecule has 0 fully saturated rings. The highest BCUT2D eigenvalue weighted by Gasteiger charge is 2.12. The van der Waals surface area contributed by atoms with Gasteiger partial charge in [-0.05, 0) is 29.6 Å². The number of thiophene rings is 1. The van der Waals surface area contributed by atoms with Crippen molar-refractivity contribution in [2.75, 3.05) is 5.32 Å². The molecule has 106 valence electrons. The standard InChI is InChI=1S/C14H8Cl2N2OS2/c15-9-1-2-11(16)10(5-9)12-7-21-14(17-12)18-13(19)8-3-4-20-6-8/h1-7H,(H,17,18,19). The van der Waals surface area contributed by atoms with Gasteiger partial charge in [-0.1, -0.05) is 23.2 Å². The molecule has 3 nitrogen and oxygen atoms in total. The van der Waals surface area contributed by atoms with Crippen LogP contribution in [0.4, 0.5) is 5.13 Å². The average molecular weight is 355 g/mol. The number of hydrogen-bond acceptors (Lipinski definition) is 4. The largest absolute Gasteiger partial charge is 0.298 e. The maximum Gasteiger partial charge on any atom is 0.258 e. The Labute approximate surface area is 139 Å². The fourth-order valence-electron chi connectivity index (χ4n) is 1.71. The average Bonchev–Trinajstić information content (AvgIpc) is 3.12. The Kier molecular flexibility index (Phi) is 4.26. The van der Waals surface area contributed by atoms with E-state index in [4.69, 9.17) is 23.2 Å². The molecule has 3 rings (SSSR count). The second-order valence-electron chi connectivity index (χ2n) is 4.13. The van der Waals surface area contributed by atoms with Gasteiger partial charge in [0.05, 0.1) is 16.3 Å². The van der Waals surface area contributed by atoms with Crippen molar-refractivity contribution in [3.05, 3.63) is 56.0 Å². The van der Waals surface area contributed by atoms with Crippen LogP contribution in [0.5, 0.6) is 0 Å². The summed E-state index contributed by atoms with van der Waals surface area (Å²) in [5.74, 6) is -0.172. The molecule has 3 aromatic rings. The Balaban J connectivity index is 1.83. The van der Waals surface area contributed by atoms with Gasteiger partial charge in [-0.2, -0.15) is 11.3 Å². The predicted molar refractivity (Wildman–Crippen MR) is 89.8 cm³/mol. The van der Waals surface area contributed by atoms with Crippen LogP contribution in [0.3, 0.4) is 0 Å². The van der Waals surface area contributed by atoms with Gasteiger partial charge in [0.25, 0.3) is 5.91 Å². The molecule has 0 aliphatic heterocycles. The quantitative estimate of drug-likeness (QED) is 0.681. The van der Waals surface area contributed by atoms with Gasteiger partial charge in [0.1, 0.15) is 0 Å². The van der Waals surface area contributed by atoms with Gasteiger partial charge in [-0.25, -0.2) is 4.98 Å². The van der Waals surface area contributed by atoms with E-state index in [1.165, 1.54) is 22.7 Å². The molecule has 0 aliphatic rings. The normalized spacial score (nSPS) is 10.6. The van der Waals surface area contributed by atoms with Gasteiger partial charge in [0, 0.05) is 21.3 Å². The van der Waals surface area contributed by atoms with Gasteiger partial charge < -0.3 is 0 Å². The number of amides is 1. The summed E-state index contributed by atoms with van der Waals surface area (Å²) in [6, 6.07) is 6.97. The van der Waals surface area contributed by atoms with E-state index in [2.05, 4.69) is 10.3 Å². The van der Waals surface area contributed by atoms with Crippen molar-refractivity contribution >= 4 is 56.9 Å². The fourth-order valence-corrected chi connectivity index (χ4v) is 3.44. The first kappa shape index (κ1) is 14.5. The number of carbonyl (C=O) groups is 1. The molecule has 7 heteroatoms. The summed E-state index contributed by atoms with van der Waals surface area (Å²) in [7, 11) is 0. The van der Waals surface area contributed by atoms with Gasteiger partial charge >= 0.3 is 0 Å². The van der Waals surface area contributed by atoms with Crippen molar-refractivity contribution in [3.8, 4) is 11.3 Å². The molecule has 0 atom stereocenters. The molecule has 1 N–H and O–H groups in total. The molecule has 1 amide bonds. The lowest BCUT2D eigenvalue weighted by Gasteiger charge is -2.01. The Hall–Kier alpha value is -1.40. The molecular formula is C14H8Cl2N2OS2. The summed E-state index contributed by atoms with van der Waals surface area (Å²) in [5, 5.41) is 9.93. The smallest absolute Gasteiger partial charge is 0.258 e. The fraction of sp³-hybridized carbons (Fsp3) is 0. The van der Waals surface area contributed by atoms with E-state index in [0.29, 0.717) is 26.4 Å². The number of aromatic nitrogens is 1.